The molecule has 26 heavy (non-hydrogen) atoms. The molecule has 0 atom stereocenters. The Kier molecular flexibility index (Phi) is 5.36. The van der Waals surface area contributed by atoms with Gasteiger partial charge >= 0.3 is 0 Å². The fraction of sp³-hybridized carbons (Fsp3) is 0.333. The summed E-state index contributed by atoms with van der Waals surface area (Å²) in [6.07, 6.45) is 6.03. The van der Waals surface area contributed by atoms with Crippen LogP contribution in [0.15, 0.2) is 58.3 Å². The van der Waals surface area contributed by atoms with Crippen LogP contribution in [-0.4, -0.2) is 16.8 Å². The van der Waals surface area contributed by atoms with E-state index >= 15 is 0 Å². The molecule has 1 aliphatic rings. The second-order valence-corrected chi connectivity index (χ2v) is 9.82. The molecule has 1 saturated carbocycles. The number of anilines is 1. The van der Waals surface area contributed by atoms with Gasteiger partial charge in [0.1, 0.15) is 0 Å². The van der Waals surface area contributed by atoms with Crippen molar-refractivity contribution in [2.45, 2.75) is 47.8 Å². The molecule has 0 saturated heterocycles. The summed E-state index contributed by atoms with van der Waals surface area (Å²) in [5, 5.41) is 5.03. The first-order chi connectivity index (χ1) is 12.3. The largest absolute Gasteiger partial charge is 0.280 e. The quantitative estimate of drug-likeness (QED) is 0.812. The minimum absolute atomic E-state index is 0.0720. The zero-order valence-electron chi connectivity index (χ0n) is 14.3. The normalized spacial score (nSPS) is 16.3. The molecule has 140 valence electrons. The van der Waals surface area contributed by atoms with Crippen molar-refractivity contribution in [3.05, 3.63) is 54.1 Å². The van der Waals surface area contributed by atoms with Crippen LogP contribution in [0.5, 0.6) is 0 Å². The third kappa shape index (κ3) is 4.44. The number of hydrogen-bond acceptors (Lipinski definition) is 4. The van der Waals surface area contributed by atoms with Crippen LogP contribution in [-0.2, 0) is 20.0 Å². The molecule has 1 fully saturated rings. The smallest absolute Gasteiger partial charge is 0.261 e. The zero-order valence-corrected chi connectivity index (χ0v) is 15.9. The second-order valence-electron chi connectivity index (χ2n) is 6.58. The van der Waals surface area contributed by atoms with Crippen molar-refractivity contribution in [3.63, 3.8) is 0 Å². The van der Waals surface area contributed by atoms with E-state index in [1.807, 2.05) is 12.1 Å². The number of sulfonamides is 2. The Morgan fingerprint density at radius 2 is 1.31 bits per heavy atom. The Morgan fingerprint density at radius 3 is 1.85 bits per heavy atom. The van der Waals surface area contributed by atoms with E-state index < -0.39 is 20.0 Å². The molecule has 6 nitrogen and oxygen atoms in total. The Bertz CT molecular complexity index is 961. The van der Waals surface area contributed by atoms with Gasteiger partial charge in [-0.05, 0) is 60.7 Å². The first-order valence-electron chi connectivity index (χ1n) is 8.51. The molecule has 0 bridgehead atoms. The topological polar surface area (TPSA) is 106 Å². The third-order valence-corrected chi connectivity index (χ3v) is 7.03. The zero-order chi connectivity index (χ0) is 18.8. The number of primary sulfonamides is 1. The molecule has 3 rings (SSSR count). The van der Waals surface area contributed by atoms with Crippen LogP contribution >= 0.6 is 0 Å². The van der Waals surface area contributed by atoms with E-state index in [0.29, 0.717) is 5.92 Å². The molecule has 0 spiro atoms. The van der Waals surface area contributed by atoms with Crippen molar-refractivity contribution in [2.24, 2.45) is 5.14 Å². The van der Waals surface area contributed by atoms with E-state index in [4.69, 9.17) is 5.14 Å². The van der Waals surface area contributed by atoms with Gasteiger partial charge in [-0.2, -0.15) is 0 Å². The SMILES string of the molecule is NS(=O)(=O)c1ccc(NS(=O)(=O)c2ccc(C3CCCCC3)cc2)cc1. The van der Waals surface area contributed by atoms with Gasteiger partial charge in [0.15, 0.2) is 0 Å². The molecule has 0 heterocycles. The van der Waals surface area contributed by atoms with E-state index in [1.165, 1.54) is 49.1 Å². The predicted octanol–water partition coefficient (Wildman–Crippen LogP) is 3.18. The molecular formula is C18H22N2O4S2. The van der Waals surface area contributed by atoms with Crippen molar-refractivity contribution in [2.75, 3.05) is 4.72 Å². The van der Waals surface area contributed by atoms with Crippen molar-refractivity contribution in [3.8, 4) is 0 Å². The van der Waals surface area contributed by atoms with Gasteiger partial charge in [-0.15, -0.1) is 0 Å². The van der Waals surface area contributed by atoms with Crippen LogP contribution in [0.4, 0.5) is 5.69 Å². The maximum Gasteiger partial charge on any atom is 0.261 e. The minimum atomic E-state index is -3.81. The van der Waals surface area contributed by atoms with Crippen LogP contribution in [0.3, 0.4) is 0 Å². The fourth-order valence-corrected chi connectivity index (χ4v) is 4.86. The number of rotatable bonds is 5. The maximum absolute atomic E-state index is 12.5. The maximum atomic E-state index is 12.5. The second kappa shape index (κ2) is 7.38. The van der Waals surface area contributed by atoms with E-state index in [2.05, 4.69) is 4.72 Å². The molecule has 0 amide bonds. The van der Waals surface area contributed by atoms with E-state index in [1.54, 1.807) is 12.1 Å². The molecule has 0 aromatic heterocycles. The Balaban J connectivity index is 1.75. The van der Waals surface area contributed by atoms with Gasteiger partial charge in [-0.3, -0.25) is 4.72 Å². The van der Waals surface area contributed by atoms with E-state index in [0.717, 1.165) is 12.8 Å². The van der Waals surface area contributed by atoms with Gasteiger partial charge < -0.3 is 0 Å². The summed E-state index contributed by atoms with van der Waals surface area (Å²) in [7, 11) is -7.55. The summed E-state index contributed by atoms with van der Waals surface area (Å²) in [5.41, 5.74) is 1.45. The van der Waals surface area contributed by atoms with E-state index in [-0.39, 0.29) is 15.5 Å². The molecule has 0 radical (unpaired) electrons. The molecule has 3 N–H and O–H groups in total. The number of hydrogen-bond donors (Lipinski definition) is 2. The van der Waals surface area contributed by atoms with E-state index in [9.17, 15) is 16.8 Å². The van der Waals surface area contributed by atoms with Crippen LogP contribution in [0.1, 0.15) is 43.6 Å². The lowest BCUT2D eigenvalue weighted by molar-refractivity contribution is 0.443. The third-order valence-electron chi connectivity index (χ3n) is 4.70. The highest BCUT2D eigenvalue weighted by Gasteiger charge is 2.18. The highest BCUT2D eigenvalue weighted by atomic mass is 32.2. The number of nitrogens with one attached hydrogen (secondary N) is 1. The van der Waals surface area contributed by atoms with Gasteiger partial charge in [0.05, 0.1) is 9.79 Å². The molecule has 2 aromatic carbocycles. The Morgan fingerprint density at radius 1 is 0.769 bits per heavy atom. The average molecular weight is 395 g/mol. The number of nitrogens with two attached hydrogens (primary N) is 1. The lowest BCUT2D eigenvalue weighted by Gasteiger charge is -2.22. The van der Waals surface area contributed by atoms with Crippen molar-refractivity contribution in [1.29, 1.82) is 0 Å². The van der Waals surface area contributed by atoms with Gasteiger partial charge in [0, 0.05) is 5.69 Å². The van der Waals surface area contributed by atoms with Crippen LogP contribution in [0.2, 0.25) is 0 Å². The Hall–Kier alpha value is -1.90. The highest BCUT2D eigenvalue weighted by molar-refractivity contribution is 7.92. The van der Waals surface area contributed by atoms with Crippen molar-refractivity contribution >= 4 is 25.7 Å². The van der Waals surface area contributed by atoms with Crippen molar-refractivity contribution < 1.29 is 16.8 Å². The predicted molar refractivity (Wildman–Crippen MR) is 101 cm³/mol. The van der Waals surface area contributed by atoms with Crippen molar-refractivity contribution in [1.82, 2.24) is 0 Å². The summed E-state index contributed by atoms with van der Waals surface area (Å²) < 4.78 is 50.0. The molecular weight excluding hydrogens is 372 g/mol. The first-order valence-corrected chi connectivity index (χ1v) is 11.5. The first kappa shape index (κ1) is 18.9. The van der Waals surface area contributed by atoms with Gasteiger partial charge in [0.25, 0.3) is 10.0 Å². The Labute approximate surface area is 154 Å². The summed E-state index contributed by atoms with van der Waals surface area (Å²) in [5.74, 6) is 0.513. The minimum Gasteiger partial charge on any atom is -0.280 e. The van der Waals surface area contributed by atoms with Crippen LogP contribution < -0.4 is 9.86 Å². The monoisotopic (exact) mass is 394 g/mol. The number of benzene rings is 2. The average Bonchev–Trinajstić information content (AvgIpc) is 2.62. The summed E-state index contributed by atoms with van der Waals surface area (Å²) in [6.45, 7) is 0. The standard InChI is InChI=1S/C18H22N2O4S2/c19-25(21,22)17-12-8-16(9-13-17)20-26(23,24)18-10-6-15(7-11-18)14-4-2-1-3-5-14/h6-14,20H,1-5H2,(H2,19,21,22). The molecule has 0 aliphatic heterocycles. The van der Waals surface area contributed by atoms with Gasteiger partial charge in [0.2, 0.25) is 10.0 Å². The summed E-state index contributed by atoms with van der Waals surface area (Å²) in [4.78, 5) is 0.102. The molecule has 1 aliphatic carbocycles. The molecule has 2 aromatic rings. The van der Waals surface area contributed by atoms with Gasteiger partial charge in [-0.1, -0.05) is 31.4 Å². The fourth-order valence-electron chi connectivity index (χ4n) is 3.28. The lowest BCUT2D eigenvalue weighted by Crippen LogP contribution is -2.14. The van der Waals surface area contributed by atoms with Crippen LogP contribution in [0.25, 0.3) is 0 Å². The highest BCUT2D eigenvalue weighted by Crippen LogP contribution is 2.33. The summed E-state index contributed by atoms with van der Waals surface area (Å²) in [6, 6.07) is 12.3. The van der Waals surface area contributed by atoms with Crippen LogP contribution in [0, 0.1) is 0 Å². The van der Waals surface area contributed by atoms with Gasteiger partial charge in [-0.25, -0.2) is 22.0 Å². The molecule has 0 unspecified atom stereocenters. The molecule has 8 heteroatoms. The summed E-state index contributed by atoms with van der Waals surface area (Å²) >= 11 is 0. The lowest BCUT2D eigenvalue weighted by atomic mass is 9.84.